The zero-order chi connectivity index (χ0) is 5.70. The van der Waals surface area contributed by atoms with E-state index in [-0.39, 0.29) is 0 Å². The van der Waals surface area contributed by atoms with E-state index < -0.39 is 6.10 Å². The summed E-state index contributed by atoms with van der Waals surface area (Å²) in [4.78, 5) is 0. The summed E-state index contributed by atoms with van der Waals surface area (Å²) in [6, 6.07) is 0. The normalized spacial score (nSPS) is 11.7. The van der Waals surface area contributed by atoms with Crippen molar-refractivity contribution < 1.29 is 9.40 Å². The van der Waals surface area contributed by atoms with Crippen molar-refractivity contribution >= 4 is 11.9 Å². The molecule has 7 heavy (non-hydrogen) atoms. The number of aliphatic hydroxyl groups is 1. The molecule has 1 atom stereocenters. The molecule has 0 fully saturated rings. The van der Waals surface area contributed by atoms with Crippen molar-refractivity contribution in [2.24, 2.45) is 0 Å². The van der Waals surface area contributed by atoms with E-state index in [1.807, 2.05) is 0 Å². The van der Waals surface area contributed by atoms with Gasteiger partial charge in [-0.3, -0.25) is 4.29 Å². The minimum atomic E-state index is -0.397. The van der Waals surface area contributed by atoms with Crippen LogP contribution in [-0.2, 0) is 4.29 Å². The smallest absolute Gasteiger partial charge is 0.140 e. The van der Waals surface area contributed by atoms with Crippen LogP contribution in [-0.4, -0.2) is 11.2 Å². The molecule has 0 aromatic carbocycles. The Labute approximate surface area is 47.2 Å². The summed E-state index contributed by atoms with van der Waals surface area (Å²) in [7, 11) is 0. The van der Waals surface area contributed by atoms with Gasteiger partial charge in [0.15, 0.2) is 0 Å². The lowest BCUT2D eigenvalue weighted by atomic mass is 10.4. The van der Waals surface area contributed by atoms with Gasteiger partial charge in [-0.25, -0.2) is 0 Å². The fourth-order valence-corrected chi connectivity index (χ4v) is 0.158. The first-order valence-corrected chi connectivity index (χ1v) is 2.04. The topological polar surface area (TPSA) is 29.5 Å². The van der Waals surface area contributed by atoms with E-state index in [4.69, 9.17) is 17.0 Å². The average Bonchev–Trinajstić information content (AvgIpc) is 1.68. The predicted molar refractivity (Wildman–Crippen MR) is 26.1 cm³/mol. The molecule has 0 aliphatic heterocycles. The summed E-state index contributed by atoms with van der Waals surface area (Å²) in [5.41, 5.74) is 0. The minimum absolute atomic E-state index is 0.397. The van der Waals surface area contributed by atoms with Crippen LogP contribution in [0.4, 0.5) is 0 Å². The molecule has 0 heterocycles. The maximum atomic E-state index is 7.87. The van der Waals surface area contributed by atoms with Gasteiger partial charge in [-0.1, -0.05) is 0 Å². The first kappa shape index (κ1) is 6.61. The van der Waals surface area contributed by atoms with E-state index in [9.17, 15) is 0 Å². The van der Waals surface area contributed by atoms with Crippen LogP contribution in [0.15, 0.2) is 0 Å². The van der Waals surface area contributed by atoms with E-state index in [1.54, 1.807) is 13.0 Å². The standard InChI is InChI=1S/C4H5ClO2/c1-4(7-5)2-3-6/h4,6H,1H3. The summed E-state index contributed by atoms with van der Waals surface area (Å²) < 4.78 is 4.13. The minimum Gasteiger partial charge on any atom is -0.462 e. The number of aliphatic hydroxyl groups excluding tert-OH is 1. The van der Waals surface area contributed by atoms with Gasteiger partial charge in [-0.05, 0) is 12.8 Å². The molecule has 40 valence electrons. The highest BCUT2D eigenvalue weighted by atomic mass is 35.5. The number of hydrogen-bond donors (Lipinski definition) is 1. The van der Waals surface area contributed by atoms with Crippen LogP contribution < -0.4 is 0 Å². The second-order valence-electron chi connectivity index (χ2n) is 0.987. The molecule has 0 aromatic rings. The van der Waals surface area contributed by atoms with E-state index >= 15 is 0 Å². The van der Waals surface area contributed by atoms with Crippen molar-refractivity contribution in [3.05, 3.63) is 0 Å². The van der Waals surface area contributed by atoms with Gasteiger partial charge in [0.25, 0.3) is 0 Å². The van der Waals surface area contributed by atoms with Gasteiger partial charge in [0, 0.05) is 0 Å². The summed E-state index contributed by atoms with van der Waals surface area (Å²) >= 11 is 4.82. The molecule has 3 heteroatoms. The van der Waals surface area contributed by atoms with E-state index in [0.717, 1.165) is 0 Å². The first-order chi connectivity index (χ1) is 3.31. The van der Waals surface area contributed by atoms with Gasteiger partial charge >= 0.3 is 0 Å². The van der Waals surface area contributed by atoms with E-state index in [1.165, 1.54) is 0 Å². The average molecular weight is 121 g/mol. The molecule has 2 nitrogen and oxygen atoms in total. The Hall–Kier alpha value is -0.390. The van der Waals surface area contributed by atoms with Gasteiger partial charge in [0.05, 0.1) is 11.9 Å². The third-order valence-corrected chi connectivity index (χ3v) is 0.669. The lowest BCUT2D eigenvalue weighted by Crippen LogP contribution is -1.94. The van der Waals surface area contributed by atoms with Crippen molar-refractivity contribution in [1.29, 1.82) is 0 Å². The van der Waals surface area contributed by atoms with Crippen molar-refractivity contribution in [1.82, 2.24) is 0 Å². The Morgan fingerprint density at radius 1 is 1.86 bits per heavy atom. The zero-order valence-corrected chi connectivity index (χ0v) is 4.57. The molecule has 0 aromatic heterocycles. The van der Waals surface area contributed by atoms with Crippen LogP contribution in [0.2, 0.25) is 0 Å². The molecule has 0 rings (SSSR count). The predicted octanol–water partition coefficient (Wildman–Crippen LogP) is 0.879. The Balaban J connectivity index is 3.29. The maximum absolute atomic E-state index is 7.87. The molecule has 0 radical (unpaired) electrons. The fraction of sp³-hybridized carbons (Fsp3) is 0.500. The number of hydrogen-bond acceptors (Lipinski definition) is 2. The summed E-state index contributed by atoms with van der Waals surface area (Å²) in [5, 5.41) is 7.87. The molecule has 0 amide bonds. The van der Waals surface area contributed by atoms with Crippen LogP contribution in [0.25, 0.3) is 0 Å². The molecule has 0 aliphatic rings. The summed E-state index contributed by atoms with van der Waals surface area (Å²) in [5.74, 6) is 2.25. The molecule has 0 saturated heterocycles. The highest BCUT2D eigenvalue weighted by Crippen LogP contribution is 1.88. The fourth-order valence-electron chi connectivity index (χ4n) is 0.113. The van der Waals surface area contributed by atoms with Crippen molar-refractivity contribution in [3.63, 3.8) is 0 Å². The first-order valence-electron chi connectivity index (χ1n) is 1.73. The summed E-state index contributed by atoms with van der Waals surface area (Å²) in [6.45, 7) is 1.62. The Bertz CT molecular complexity index is 91.6. The number of halogens is 1. The van der Waals surface area contributed by atoms with E-state index in [0.29, 0.717) is 0 Å². The van der Waals surface area contributed by atoms with Crippen LogP contribution in [0.3, 0.4) is 0 Å². The van der Waals surface area contributed by atoms with Gasteiger partial charge in [-0.2, -0.15) is 0 Å². The van der Waals surface area contributed by atoms with Gasteiger partial charge in [0.1, 0.15) is 12.2 Å². The molecule has 1 N–H and O–H groups in total. The Morgan fingerprint density at radius 3 is 2.57 bits per heavy atom. The summed E-state index contributed by atoms with van der Waals surface area (Å²) in [6.07, 6.45) is 1.26. The van der Waals surface area contributed by atoms with Crippen LogP contribution in [0.1, 0.15) is 6.92 Å². The molecule has 1 unspecified atom stereocenters. The lowest BCUT2D eigenvalue weighted by molar-refractivity contribution is 0.308. The van der Waals surface area contributed by atoms with Crippen LogP contribution in [0.5, 0.6) is 0 Å². The van der Waals surface area contributed by atoms with Crippen molar-refractivity contribution in [2.45, 2.75) is 13.0 Å². The van der Waals surface area contributed by atoms with Gasteiger partial charge < -0.3 is 5.11 Å². The monoisotopic (exact) mass is 120 g/mol. The van der Waals surface area contributed by atoms with Crippen molar-refractivity contribution in [2.75, 3.05) is 0 Å². The van der Waals surface area contributed by atoms with Crippen LogP contribution in [0, 0.1) is 12.0 Å². The molecular formula is C4H5ClO2. The van der Waals surface area contributed by atoms with E-state index in [2.05, 4.69) is 10.2 Å². The third kappa shape index (κ3) is 3.44. The quantitative estimate of drug-likeness (QED) is 0.521. The number of rotatable bonds is 1. The largest absolute Gasteiger partial charge is 0.462 e. The molecule has 0 bridgehead atoms. The van der Waals surface area contributed by atoms with Gasteiger partial charge in [0.2, 0.25) is 0 Å². The SMILES string of the molecule is CC(C#CO)OCl. The molecule has 0 spiro atoms. The van der Waals surface area contributed by atoms with Gasteiger partial charge in [-0.15, -0.1) is 0 Å². The molecule has 0 saturated carbocycles. The second-order valence-corrected chi connectivity index (χ2v) is 1.17. The van der Waals surface area contributed by atoms with Crippen LogP contribution >= 0.6 is 11.9 Å². The molecular weight excluding hydrogens is 115 g/mol. The highest BCUT2D eigenvalue weighted by Gasteiger charge is 1.89. The third-order valence-electron chi connectivity index (χ3n) is 0.401. The second kappa shape index (κ2) is 3.79. The maximum Gasteiger partial charge on any atom is 0.140 e. The Morgan fingerprint density at radius 2 is 2.43 bits per heavy atom. The zero-order valence-electron chi connectivity index (χ0n) is 3.81. The van der Waals surface area contributed by atoms with Crippen molar-refractivity contribution in [3.8, 4) is 12.0 Å². The lowest BCUT2D eigenvalue weighted by Gasteiger charge is -1.90. The molecule has 0 aliphatic carbocycles. The highest BCUT2D eigenvalue weighted by molar-refractivity contribution is 6.07. The Kier molecular flexibility index (Phi) is 3.58.